The first kappa shape index (κ1) is 11.9. The van der Waals surface area contributed by atoms with Crippen molar-refractivity contribution in [3.8, 4) is 0 Å². The molecule has 0 spiro atoms. The van der Waals surface area contributed by atoms with E-state index in [4.69, 9.17) is 5.14 Å². The normalized spacial score (nSPS) is 13.9. The van der Waals surface area contributed by atoms with Crippen LogP contribution in [0.3, 0.4) is 0 Å². The molecule has 0 amide bonds. The molecular formula is C14H15NOS. The predicted molar refractivity (Wildman–Crippen MR) is 74.1 cm³/mol. The summed E-state index contributed by atoms with van der Waals surface area (Å²) >= 11 is 0. The molecule has 0 radical (unpaired) electrons. The molecule has 0 heterocycles. The van der Waals surface area contributed by atoms with Gasteiger partial charge in [-0.05, 0) is 11.1 Å². The molecule has 0 fully saturated rings. The van der Waals surface area contributed by atoms with Gasteiger partial charge in [-0.2, -0.15) is 0 Å². The minimum Gasteiger partial charge on any atom is -0.259 e. The molecule has 0 aliphatic heterocycles. The second-order valence-corrected chi connectivity index (χ2v) is 6.02. The van der Waals surface area contributed by atoms with Crippen LogP contribution in [0.15, 0.2) is 60.7 Å². The Kier molecular flexibility index (Phi) is 3.61. The molecule has 0 saturated carbocycles. The zero-order valence-corrected chi connectivity index (χ0v) is 10.3. The summed E-state index contributed by atoms with van der Waals surface area (Å²) in [7, 11) is -2.46. The maximum Gasteiger partial charge on any atom is 0.0543 e. The summed E-state index contributed by atoms with van der Waals surface area (Å²) in [5.74, 6) is 0.378. The van der Waals surface area contributed by atoms with Crippen molar-refractivity contribution < 1.29 is 4.21 Å². The van der Waals surface area contributed by atoms with Gasteiger partial charge in [0.1, 0.15) is 0 Å². The minimum absolute atomic E-state index is 0.378. The van der Waals surface area contributed by atoms with E-state index >= 15 is 0 Å². The first-order chi connectivity index (χ1) is 8.16. The Labute approximate surface area is 102 Å². The van der Waals surface area contributed by atoms with Gasteiger partial charge in [-0.1, -0.05) is 60.7 Å². The number of benzene rings is 2. The fourth-order valence-corrected chi connectivity index (χ4v) is 3.05. The average Bonchev–Trinajstić information content (AvgIpc) is 2.30. The van der Waals surface area contributed by atoms with Gasteiger partial charge in [0.25, 0.3) is 0 Å². The second kappa shape index (κ2) is 5.17. The van der Waals surface area contributed by atoms with Crippen LogP contribution in [-0.4, -0.2) is 9.58 Å². The van der Waals surface area contributed by atoms with Crippen LogP contribution in [0.2, 0.25) is 0 Å². The van der Waals surface area contributed by atoms with Crippen molar-refractivity contribution in [1.82, 2.24) is 0 Å². The Hall–Kier alpha value is -1.58. The molecular weight excluding hydrogens is 230 g/mol. The van der Waals surface area contributed by atoms with Gasteiger partial charge in [0.05, 0.1) is 5.75 Å². The van der Waals surface area contributed by atoms with E-state index in [0.717, 1.165) is 11.1 Å². The Balaban J connectivity index is 2.26. The molecule has 3 heteroatoms. The molecule has 2 nitrogen and oxygen atoms in total. The van der Waals surface area contributed by atoms with E-state index in [1.165, 1.54) is 0 Å². The molecule has 2 N–H and O–H groups in total. The highest BCUT2D eigenvalue weighted by Gasteiger charge is 2.02. The van der Waals surface area contributed by atoms with E-state index in [9.17, 15) is 4.21 Å². The third-order valence-electron chi connectivity index (χ3n) is 2.37. The third-order valence-corrected chi connectivity index (χ3v) is 3.83. The summed E-state index contributed by atoms with van der Waals surface area (Å²) in [5, 5.41) is 7.51. The van der Waals surface area contributed by atoms with Gasteiger partial charge < -0.3 is 0 Å². The van der Waals surface area contributed by atoms with Gasteiger partial charge in [0.2, 0.25) is 0 Å². The van der Waals surface area contributed by atoms with E-state index in [-0.39, 0.29) is 0 Å². The Morgan fingerprint density at radius 3 is 2.06 bits per heavy atom. The SMILES string of the molecule is NS(=O)(=Cc1ccccc1)Cc1ccccc1. The van der Waals surface area contributed by atoms with Gasteiger partial charge >= 0.3 is 0 Å². The molecule has 0 aliphatic carbocycles. The minimum atomic E-state index is -2.46. The fourth-order valence-electron chi connectivity index (χ4n) is 1.64. The van der Waals surface area contributed by atoms with Crippen LogP contribution in [0, 0.1) is 0 Å². The summed E-state index contributed by atoms with van der Waals surface area (Å²) in [6.45, 7) is 0. The van der Waals surface area contributed by atoms with E-state index < -0.39 is 9.71 Å². The van der Waals surface area contributed by atoms with Crippen LogP contribution >= 0.6 is 0 Å². The zero-order valence-electron chi connectivity index (χ0n) is 9.45. The highest BCUT2D eigenvalue weighted by atomic mass is 32.2. The molecule has 0 aromatic heterocycles. The van der Waals surface area contributed by atoms with Gasteiger partial charge in [0, 0.05) is 15.1 Å². The number of hydrogen-bond acceptors (Lipinski definition) is 1. The fraction of sp³-hybridized carbons (Fsp3) is 0.0714. The lowest BCUT2D eigenvalue weighted by Crippen LogP contribution is -2.18. The van der Waals surface area contributed by atoms with Crippen molar-refractivity contribution in [2.75, 3.05) is 0 Å². The molecule has 1 unspecified atom stereocenters. The van der Waals surface area contributed by atoms with Crippen LogP contribution in [0.4, 0.5) is 0 Å². The average molecular weight is 245 g/mol. The van der Waals surface area contributed by atoms with Crippen LogP contribution in [0.5, 0.6) is 0 Å². The summed E-state index contributed by atoms with van der Waals surface area (Å²) in [5.41, 5.74) is 1.89. The molecule has 88 valence electrons. The molecule has 0 saturated heterocycles. The molecule has 1 atom stereocenters. The van der Waals surface area contributed by atoms with Crippen molar-refractivity contribution in [3.05, 3.63) is 71.8 Å². The Morgan fingerprint density at radius 1 is 0.941 bits per heavy atom. The largest absolute Gasteiger partial charge is 0.259 e. The van der Waals surface area contributed by atoms with Gasteiger partial charge in [-0.25, -0.2) is 0 Å². The first-order valence-corrected chi connectivity index (χ1v) is 7.24. The number of nitrogens with two attached hydrogens (primary N) is 1. The lowest BCUT2D eigenvalue weighted by atomic mass is 10.2. The third kappa shape index (κ3) is 3.73. The van der Waals surface area contributed by atoms with Gasteiger partial charge in [-0.15, -0.1) is 0 Å². The summed E-state index contributed by atoms with van der Waals surface area (Å²) in [6, 6.07) is 19.2. The smallest absolute Gasteiger partial charge is 0.0543 e. The Morgan fingerprint density at radius 2 is 1.47 bits per heavy atom. The molecule has 2 aromatic rings. The van der Waals surface area contributed by atoms with E-state index in [0.29, 0.717) is 5.75 Å². The van der Waals surface area contributed by atoms with Crippen LogP contribution in [0.1, 0.15) is 11.1 Å². The summed E-state index contributed by atoms with van der Waals surface area (Å²) in [6.07, 6.45) is 0. The summed E-state index contributed by atoms with van der Waals surface area (Å²) < 4.78 is 12.2. The maximum atomic E-state index is 12.2. The second-order valence-electron chi connectivity index (χ2n) is 3.94. The maximum absolute atomic E-state index is 12.2. The van der Waals surface area contributed by atoms with E-state index in [1.807, 2.05) is 60.7 Å². The lowest BCUT2D eigenvalue weighted by Gasteiger charge is -2.05. The topological polar surface area (TPSA) is 43.1 Å². The molecule has 0 aliphatic rings. The summed E-state index contributed by atoms with van der Waals surface area (Å²) in [4.78, 5) is 0. The monoisotopic (exact) mass is 245 g/mol. The van der Waals surface area contributed by atoms with Crippen molar-refractivity contribution >= 4 is 15.1 Å². The molecule has 17 heavy (non-hydrogen) atoms. The molecule has 2 aromatic carbocycles. The molecule has 0 bridgehead atoms. The quantitative estimate of drug-likeness (QED) is 0.828. The lowest BCUT2D eigenvalue weighted by molar-refractivity contribution is 0.681. The van der Waals surface area contributed by atoms with E-state index in [2.05, 4.69) is 0 Å². The van der Waals surface area contributed by atoms with Crippen LogP contribution < -0.4 is 5.14 Å². The first-order valence-electron chi connectivity index (χ1n) is 5.39. The van der Waals surface area contributed by atoms with Crippen molar-refractivity contribution in [2.45, 2.75) is 5.75 Å². The standard InChI is InChI=1S/C14H15NOS/c15-17(16,11-13-7-3-1-4-8-13)12-14-9-5-2-6-10-14/h1-11H,12H2,(H2,15,16). The van der Waals surface area contributed by atoms with E-state index in [1.54, 1.807) is 5.37 Å². The highest BCUT2D eigenvalue weighted by molar-refractivity contribution is 7.98. The molecule has 2 rings (SSSR count). The van der Waals surface area contributed by atoms with Crippen molar-refractivity contribution in [2.24, 2.45) is 5.14 Å². The Bertz CT molecular complexity index is 584. The zero-order chi connectivity index (χ0) is 12.1. The van der Waals surface area contributed by atoms with Crippen LogP contribution in [0.25, 0.3) is 0 Å². The van der Waals surface area contributed by atoms with Crippen molar-refractivity contribution in [1.29, 1.82) is 0 Å². The number of hydrogen-bond donors (Lipinski definition) is 1. The van der Waals surface area contributed by atoms with Gasteiger partial charge in [-0.3, -0.25) is 9.35 Å². The number of rotatable bonds is 3. The van der Waals surface area contributed by atoms with Crippen LogP contribution in [-0.2, 0) is 15.5 Å². The van der Waals surface area contributed by atoms with Gasteiger partial charge in [0.15, 0.2) is 0 Å². The van der Waals surface area contributed by atoms with Crippen molar-refractivity contribution in [3.63, 3.8) is 0 Å². The highest BCUT2D eigenvalue weighted by Crippen LogP contribution is 2.04. The predicted octanol–water partition coefficient (Wildman–Crippen LogP) is 2.20.